The van der Waals surface area contributed by atoms with E-state index in [4.69, 9.17) is 0 Å². The van der Waals surface area contributed by atoms with Crippen LogP contribution in [0.4, 0.5) is 0 Å². The molecule has 0 spiro atoms. The summed E-state index contributed by atoms with van der Waals surface area (Å²) in [5.74, 6) is -0.882. The van der Waals surface area contributed by atoms with Crippen LogP contribution < -0.4 is 5.32 Å². The van der Waals surface area contributed by atoms with Crippen LogP contribution in [0.5, 0.6) is 0 Å². The van der Waals surface area contributed by atoms with Gasteiger partial charge in [-0.2, -0.15) is 0 Å². The molecule has 0 amide bonds. The number of aliphatic carboxylic acids is 1. The van der Waals surface area contributed by atoms with Crippen molar-refractivity contribution in [2.45, 2.75) is 57.5 Å². The van der Waals surface area contributed by atoms with Gasteiger partial charge in [0.1, 0.15) is 0 Å². The van der Waals surface area contributed by atoms with Crippen LogP contribution in [0.2, 0.25) is 0 Å². The van der Waals surface area contributed by atoms with Gasteiger partial charge in [0.15, 0.2) is 0 Å². The number of unbranched alkanes of at least 4 members (excludes halogenated alkanes) is 3. The van der Waals surface area contributed by atoms with E-state index in [0.29, 0.717) is 6.54 Å². The summed E-state index contributed by atoms with van der Waals surface area (Å²) in [6, 6.07) is 19.9. The van der Waals surface area contributed by atoms with Crippen LogP contribution in [-0.2, 0) is 11.2 Å². The molecule has 2 unspecified atom stereocenters. The molecule has 158 valence electrons. The summed E-state index contributed by atoms with van der Waals surface area (Å²) >= 11 is 0. The fourth-order valence-corrected chi connectivity index (χ4v) is 3.61. The molecule has 2 aromatic carbocycles. The van der Waals surface area contributed by atoms with Crippen LogP contribution in [0.15, 0.2) is 60.7 Å². The molecule has 0 heterocycles. The Kier molecular flexibility index (Phi) is 11.1. The highest BCUT2D eigenvalue weighted by Gasteiger charge is 2.16. The van der Waals surface area contributed by atoms with Crippen molar-refractivity contribution >= 4 is 5.97 Å². The minimum atomic E-state index is -0.658. The number of rotatable bonds is 15. The zero-order valence-electron chi connectivity index (χ0n) is 17.3. The maximum atomic E-state index is 11.5. The van der Waals surface area contributed by atoms with Crippen molar-refractivity contribution in [3.63, 3.8) is 0 Å². The highest BCUT2D eigenvalue weighted by atomic mass is 16.4. The zero-order chi connectivity index (χ0) is 20.7. The van der Waals surface area contributed by atoms with Crippen molar-refractivity contribution in [2.75, 3.05) is 13.1 Å². The van der Waals surface area contributed by atoms with E-state index in [-0.39, 0.29) is 5.92 Å². The topological polar surface area (TPSA) is 69.6 Å². The zero-order valence-corrected chi connectivity index (χ0v) is 17.3. The third kappa shape index (κ3) is 9.73. The molecule has 0 radical (unpaired) electrons. The molecule has 0 fully saturated rings. The van der Waals surface area contributed by atoms with Gasteiger partial charge >= 0.3 is 5.97 Å². The Bertz CT molecular complexity index is 675. The maximum Gasteiger partial charge on any atom is 0.306 e. The molecule has 0 aliphatic heterocycles. The molecule has 0 aliphatic carbocycles. The van der Waals surface area contributed by atoms with E-state index < -0.39 is 12.1 Å². The predicted octanol–water partition coefficient (Wildman–Crippen LogP) is 4.98. The lowest BCUT2D eigenvalue weighted by atomic mass is 9.94. The van der Waals surface area contributed by atoms with Gasteiger partial charge in [-0.25, -0.2) is 0 Å². The summed E-state index contributed by atoms with van der Waals surface area (Å²) in [6.45, 7) is 1.44. The van der Waals surface area contributed by atoms with Crippen LogP contribution in [0.1, 0.15) is 62.2 Å². The third-order valence-corrected chi connectivity index (χ3v) is 5.39. The number of carboxylic acid groups (broad SMARTS) is 1. The summed E-state index contributed by atoms with van der Waals surface area (Å²) in [6.07, 6.45) is 7.09. The summed E-state index contributed by atoms with van der Waals surface area (Å²) < 4.78 is 0. The first kappa shape index (κ1) is 23.1. The van der Waals surface area contributed by atoms with Gasteiger partial charge < -0.3 is 15.5 Å². The fraction of sp³-hybridized carbons (Fsp3) is 0.480. The smallest absolute Gasteiger partial charge is 0.306 e. The van der Waals surface area contributed by atoms with E-state index in [2.05, 4.69) is 17.4 Å². The third-order valence-electron chi connectivity index (χ3n) is 5.39. The number of carbonyl (C=O) groups is 1. The van der Waals surface area contributed by atoms with Crippen molar-refractivity contribution in [2.24, 2.45) is 5.92 Å². The summed E-state index contributed by atoms with van der Waals surface area (Å²) in [4.78, 5) is 11.5. The van der Waals surface area contributed by atoms with Crippen molar-refractivity contribution in [1.29, 1.82) is 0 Å². The second-order valence-corrected chi connectivity index (χ2v) is 7.75. The Labute approximate surface area is 175 Å². The molecular weight excluding hydrogens is 362 g/mol. The molecule has 4 nitrogen and oxygen atoms in total. The molecular formula is C25H35NO3. The predicted molar refractivity (Wildman–Crippen MR) is 118 cm³/mol. The Morgan fingerprint density at radius 3 is 2.14 bits per heavy atom. The highest BCUT2D eigenvalue weighted by Crippen LogP contribution is 2.18. The first-order valence-corrected chi connectivity index (χ1v) is 10.9. The molecule has 2 aromatic rings. The first-order valence-electron chi connectivity index (χ1n) is 10.9. The normalized spacial score (nSPS) is 13.1. The fourth-order valence-electron chi connectivity index (χ4n) is 3.61. The van der Waals surface area contributed by atoms with E-state index in [1.165, 1.54) is 5.56 Å². The number of aliphatic hydroxyl groups is 1. The molecule has 3 N–H and O–H groups in total. The monoisotopic (exact) mass is 397 g/mol. The lowest BCUT2D eigenvalue weighted by Gasteiger charge is -2.13. The molecule has 4 heteroatoms. The number of hydrogen-bond donors (Lipinski definition) is 3. The number of aliphatic hydroxyl groups excluding tert-OH is 1. The van der Waals surface area contributed by atoms with Gasteiger partial charge in [-0.3, -0.25) is 4.79 Å². The number of nitrogens with one attached hydrogen (secondary N) is 1. The number of aryl methyl sites for hydroxylation is 1. The largest absolute Gasteiger partial charge is 0.481 e. The van der Waals surface area contributed by atoms with Crippen LogP contribution in [-0.4, -0.2) is 29.3 Å². The molecule has 2 atom stereocenters. The molecule has 0 bridgehead atoms. The van der Waals surface area contributed by atoms with E-state index in [1.807, 2.05) is 48.5 Å². The van der Waals surface area contributed by atoms with E-state index >= 15 is 0 Å². The lowest BCUT2D eigenvalue weighted by molar-refractivity contribution is -0.142. The standard InChI is InChI=1S/C25H35NO3/c27-24(22-15-8-4-9-16-22)20-26-19-10-2-1-7-17-23(25(28)29)18-11-14-21-12-5-3-6-13-21/h3-6,8-9,12-13,15-16,23-24,26-27H,1-2,7,10-11,14,17-20H2,(H,28,29). The molecule has 0 aromatic heterocycles. The molecule has 29 heavy (non-hydrogen) atoms. The van der Waals surface area contributed by atoms with Gasteiger partial charge in [0.25, 0.3) is 0 Å². The minimum absolute atomic E-state index is 0.224. The van der Waals surface area contributed by atoms with Crippen LogP contribution in [0, 0.1) is 5.92 Å². The Balaban J connectivity index is 1.49. The van der Waals surface area contributed by atoms with Gasteiger partial charge in [0.05, 0.1) is 12.0 Å². The Hall–Kier alpha value is -2.17. The summed E-state index contributed by atoms with van der Waals surface area (Å²) in [5.41, 5.74) is 2.22. The Morgan fingerprint density at radius 2 is 1.45 bits per heavy atom. The van der Waals surface area contributed by atoms with Gasteiger partial charge in [-0.15, -0.1) is 0 Å². The summed E-state index contributed by atoms with van der Waals surface area (Å²) in [5, 5.41) is 22.9. The second-order valence-electron chi connectivity index (χ2n) is 7.75. The van der Waals surface area contributed by atoms with Gasteiger partial charge in [0, 0.05) is 6.54 Å². The average molecular weight is 398 g/mol. The van der Waals surface area contributed by atoms with Crippen LogP contribution in [0.3, 0.4) is 0 Å². The van der Waals surface area contributed by atoms with E-state index in [9.17, 15) is 15.0 Å². The van der Waals surface area contributed by atoms with E-state index in [1.54, 1.807) is 0 Å². The van der Waals surface area contributed by atoms with Crippen molar-refractivity contribution in [1.82, 2.24) is 5.32 Å². The SMILES string of the molecule is O=C(O)C(CCCCCCNCC(O)c1ccccc1)CCCc1ccccc1. The molecule has 0 saturated heterocycles. The van der Waals surface area contributed by atoms with Gasteiger partial charge in [-0.05, 0) is 49.8 Å². The van der Waals surface area contributed by atoms with Crippen molar-refractivity contribution in [3.05, 3.63) is 71.8 Å². The summed E-state index contributed by atoms with van der Waals surface area (Å²) in [7, 11) is 0. The number of carboxylic acids is 1. The lowest BCUT2D eigenvalue weighted by Crippen LogP contribution is -2.22. The van der Waals surface area contributed by atoms with E-state index in [0.717, 1.165) is 63.5 Å². The number of benzene rings is 2. The van der Waals surface area contributed by atoms with Crippen molar-refractivity contribution < 1.29 is 15.0 Å². The minimum Gasteiger partial charge on any atom is -0.481 e. The van der Waals surface area contributed by atoms with Crippen molar-refractivity contribution in [3.8, 4) is 0 Å². The maximum absolute atomic E-state index is 11.5. The molecule has 0 saturated carbocycles. The van der Waals surface area contributed by atoms with Gasteiger partial charge in [0.2, 0.25) is 0 Å². The number of hydrogen-bond acceptors (Lipinski definition) is 3. The highest BCUT2D eigenvalue weighted by molar-refractivity contribution is 5.69. The van der Waals surface area contributed by atoms with Crippen LogP contribution in [0.25, 0.3) is 0 Å². The first-order chi connectivity index (χ1) is 14.2. The quantitative estimate of drug-likeness (QED) is 0.371. The second kappa shape index (κ2) is 13.9. The molecule has 2 rings (SSSR count). The Morgan fingerprint density at radius 1 is 0.828 bits per heavy atom. The van der Waals surface area contributed by atoms with Gasteiger partial charge in [-0.1, -0.05) is 79.9 Å². The van der Waals surface area contributed by atoms with Crippen LogP contribution >= 0.6 is 0 Å². The molecule has 0 aliphatic rings. The average Bonchev–Trinajstić information content (AvgIpc) is 2.75.